The van der Waals surface area contributed by atoms with E-state index in [2.05, 4.69) is 0 Å². The summed E-state index contributed by atoms with van der Waals surface area (Å²) < 4.78 is 11.1. The summed E-state index contributed by atoms with van der Waals surface area (Å²) >= 11 is 6.18. The second kappa shape index (κ2) is 9.71. The SMILES string of the molecule is COc1ccc(C2C(C(=O)c3ccc(Cl)cc3)N3c4ccccc4C=CC3C23C(=O)c2ccccc2C3=O)cc1OC. The molecule has 3 unspecified atom stereocenters. The van der Waals surface area contributed by atoms with Crippen LogP contribution in [0.25, 0.3) is 6.08 Å². The van der Waals surface area contributed by atoms with Crippen molar-refractivity contribution >= 4 is 40.7 Å². The number of Topliss-reactive ketones (excluding diaryl/α,β-unsaturated/α-hetero) is 3. The largest absolute Gasteiger partial charge is 0.493 e. The lowest BCUT2D eigenvalue weighted by Crippen LogP contribution is -2.48. The molecule has 3 aliphatic rings. The monoisotopic (exact) mass is 575 g/mol. The first-order valence-electron chi connectivity index (χ1n) is 13.7. The van der Waals surface area contributed by atoms with Crippen LogP contribution in [0, 0.1) is 5.41 Å². The Morgan fingerprint density at radius 2 is 1.45 bits per heavy atom. The van der Waals surface area contributed by atoms with Crippen molar-refractivity contribution in [3.05, 3.63) is 130 Å². The van der Waals surface area contributed by atoms with Crippen molar-refractivity contribution in [2.45, 2.75) is 18.0 Å². The van der Waals surface area contributed by atoms with Crippen molar-refractivity contribution in [3.8, 4) is 11.5 Å². The molecule has 0 amide bonds. The molecule has 0 bridgehead atoms. The molecular formula is C35H26ClNO5. The molecule has 1 spiro atoms. The maximum atomic E-state index is 14.7. The van der Waals surface area contributed by atoms with E-state index >= 15 is 0 Å². The van der Waals surface area contributed by atoms with Crippen LogP contribution in [0.15, 0.2) is 97.1 Å². The van der Waals surface area contributed by atoms with Gasteiger partial charge in [-0.3, -0.25) is 14.4 Å². The number of halogens is 1. The van der Waals surface area contributed by atoms with Gasteiger partial charge in [-0.1, -0.05) is 72.3 Å². The molecule has 0 aromatic heterocycles. The predicted octanol–water partition coefficient (Wildman–Crippen LogP) is 6.67. The summed E-state index contributed by atoms with van der Waals surface area (Å²) in [5.41, 5.74) is 1.92. The maximum Gasteiger partial charge on any atom is 0.185 e. The highest BCUT2D eigenvalue weighted by atomic mass is 35.5. The first-order valence-corrected chi connectivity index (χ1v) is 14.1. The molecule has 0 N–H and O–H groups in total. The number of anilines is 1. The number of methoxy groups -OCH3 is 2. The van der Waals surface area contributed by atoms with Crippen molar-refractivity contribution in [2.75, 3.05) is 19.1 Å². The highest BCUT2D eigenvalue weighted by Crippen LogP contribution is 2.61. The van der Waals surface area contributed by atoms with E-state index in [4.69, 9.17) is 21.1 Å². The molecule has 3 atom stereocenters. The van der Waals surface area contributed by atoms with Gasteiger partial charge >= 0.3 is 0 Å². The van der Waals surface area contributed by atoms with E-state index in [1.807, 2.05) is 47.4 Å². The number of rotatable bonds is 5. The number of carbonyl (C=O) groups excluding carboxylic acids is 3. The summed E-state index contributed by atoms with van der Waals surface area (Å²) in [6.07, 6.45) is 3.86. The molecule has 0 radical (unpaired) electrons. The lowest BCUT2D eigenvalue weighted by atomic mass is 9.64. The Morgan fingerprint density at radius 1 is 0.810 bits per heavy atom. The topological polar surface area (TPSA) is 72.9 Å². The smallest absolute Gasteiger partial charge is 0.185 e. The van der Waals surface area contributed by atoms with Crippen molar-refractivity contribution in [1.82, 2.24) is 0 Å². The number of hydrogen-bond donors (Lipinski definition) is 0. The molecule has 1 fully saturated rings. The fraction of sp³-hybridized carbons (Fsp3) is 0.171. The first kappa shape index (κ1) is 26.2. The van der Waals surface area contributed by atoms with E-state index in [9.17, 15) is 14.4 Å². The fourth-order valence-electron chi connectivity index (χ4n) is 7.12. The van der Waals surface area contributed by atoms with Gasteiger partial charge in [0, 0.05) is 33.3 Å². The van der Waals surface area contributed by atoms with Gasteiger partial charge in [-0.15, -0.1) is 0 Å². The molecule has 2 heterocycles. The lowest BCUT2D eigenvalue weighted by molar-refractivity contribution is 0.0665. The Labute approximate surface area is 248 Å². The van der Waals surface area contributed by atoms with Crippen LogP contribution >= 0.6 is 11.6 Å². The Kier molecular flexibility index (Phi) is 6.06. The number of nitrogens with zero attached hydrogens (tertiary/aromatic N) is 1. The molecular weight excluding hydrogens is 550 g/mol. The number of fused-ring (bicyclic) bond motifs is 5. The Bertz CT molecular complexity index is 1780. The number of para-hydroxylation sites is 1. The van der Waals surface area contributed by atoms with Gasteiger partial charge in [0.2, 0.25) is 0 Å². The van der Waals surface area contributed by atoms with E-state index < -0.39 is 23.4 Å². The van der Waals surface area contributed by atoms with Crippen molar-refractivity contribution in [2.24, 2.45) is 5.41 Å². The zero-order valence-electron chi connectivity index (χ0n) is 22.9. The average Bonchev–Trinajstić information content (AvgIpc) is 3.47. The number of hydrogen-bond acceptors (Lipinski definition) is 6. The summed E-state index contributed by atoms with van der Waals surface area (Å²) in [5.74, 6) is -0.686. The number of ether oxygens (including phenoxy) is 2. The minimum Gasteiger partial charge on any atom is -0.493 e. The molecule has 0 saturated carbocycles. The van der Waals surface area contributed by atoms with Gasteiger partial charge in [0.15, 0.2) is 28.8 Å². The van der Waals surface area contributed by atoms with Crippen LogP contribution in [0.3, 0.4) is 0 Å². The second-order valence-corrected chi connectivity index (χ2v) is 11.2. The Hall–Kier alpha value is -4.68. The summed E-state index contributed by atoms with van der Waals surface area (Å²) in [7, 11) is 3.08. The maximum absolute atomic E-state index is 14.7. The number of carbonyl (C=O) groups is 3. The normalized spacial score (nSPS) is 21.2. The van der Waals surface area contributed by atoms with Crippen molar-refractivity contribution in [1.29, 1.82) is 0 Å². The van der Waals surface area contributed by atoms with Crippen LogP contribution in [0.2, 0.25) is 5.02 Å². The van der Waals surface area contributed by atoms with Gasteiger partial charge in [0.1, 0.15) is 11.5 Å². The van der Waals surface area contributed by atoms with Crippen LogP contribution in [-0.2, 0) is 0 Å². The number of ketones is 3. The van der Waals surface area contributed by atoms with Crippen molar-refractivity contribution in [3.63, 3.8) is 0 Å². The van der Waals surface area contributed by atoms with Gasteiger partial charge in [-0.05, 0) is 53.6 Å². The van der Waals surface area contributed by atoms with E-state index in [0.717, 1.165) is 11.3 Å². The lowest BCUT2D eigenvalue weighted by Gasteiger charge is -2.37. The zero-order chi connectivity index (χ0) is 29.2. The summed E-state index contributed by atoms with van der Waals surface area (Å²) in [6.45, 7) is 0. The summed E-state index contributed by atoms with van der Waals surface area (Å²) in [5, 5.41) is 0.506. The molecule has 1 aliphatic carbocycles. The van der Waals surface area contributed by atoms with E-state index in [0.29, 0.717) is 38.8 Å². The Balaban J connectivity index is 1.55. The van der Waals surface area contributed by atoms with E-state index in [1.54, 1.807) is 67.8 Å². The van der Waals surface area contributed by atoms with Gasteiger partial charge in [0.05, 0.1) is 20.3 Å². The van der Waals surface area contributed by atoms with Gasteiger partial charge in [-0.2, -0.15) is 0 Å². The van der Waals surface area contributed by atoms with Crippen LogP contribution in [0.1, 0.15) is 48.1 Å². The fourth-order valence-corrected chi connectivity index (χ4v) is 7.25. The average molecular weight is 576 g/mol. The quantitative estimate of drug-likeness (QED) is 0.195. The van der Waals surface area contributed by atoms with Gasteiger partial charge in [-0.25, -0.2) is 0 Å². The minimum atomic E-state index is -1.60. The van der Waals surface area contributed by atoms with Gasteiger partial charge in [0.25, 0.3) is 0 Å². The molecule has 1 saturated heterocycles. The van der Waals surface area contributed by atoms with Crippen LogP contribution < -0.4 is 14.4 Å². The first-order chi connectivity index (χ1) is 20.4. The molecule has 7 heteroatoms. The molecule has 4 aromatic rings. The highest BCUT2D eigenvalue weighted by molar-refractivity contribution is 6.32. The van der Waals surface area contributed by atoms with E-state index in [-0.39, 0.29) is 17.3 Å². The second-order valence-electron chi connectivity index (χ2n) is 10.8. The molecule has 42 heavy (non-hydrogen) atoms. The van der Waals surface area contributed by atoms with Gasteiger partial charge < -0.3 is 14.4 Å². The molecule has 6 nitrogen and oxygen atoms in total. The number of benzene rings is 4. The van der Waals surface area contributed by atoms with Crippen LogP contribution in [0.5, 0.6) is 11.5 Å². The highest BCUT2D eigenvalue weighted by Gasteiger charge is 2.71. The van der Waals surface area contributed by atoms with Crippen LogP contribution in [0.4, 0.5) is 5.69 Å². The standard InChI is InChI=1S/C35H26ClNO5/c1-41-27-17-13-22(19-28(27)42-2)30-31(32(38)21-11-15-23(36)16-12-21)37-26-10-6-3-7-20(26)14-18-29(37)35(30)33(39)24-8-4-5-9-25(24)34(35)40/h3-19,29-31H,1-2H3. The third-order valence-corrected chi connectivity index (χ3v) is 9.13. The molecule has 7 rings (SSSR count). The van der Waals surface area contributed by atoms with E-state index in [1.165, 1.54) is 7.11 Å². The predicted molar refractivity (Wildman–Crippen MR) is 161 cm³/mol. The third-order valence-electron chi connectivity index (χ3n) is 8.88. The molecule has 208 valence electrons. The van der Waals surface area contributed by atoms with Crippen molar-refractivity contribution < 1.29 is 23.9 Å². The minimum absolute atomic E-state index is 0.213. The van der Waals surface area contributed by atoms with Crippen LogP contribution in [-0.4, -0.2) is 43.7 Å². The zero-order valence-corrected chi connectivity index (χ0v) is 23.7. The molecule has 2 aliphatic heterocycles. The Morgan fingerprint density at radius 3 is 2.12 bits per heavy atom. The molecule has 4 aromatic carbocycles. The summed E-state index contributed by atoms with van der Waals surface area (Å²) in [6, 6.07) is 25.2. The third kappa shape index (κ3) is 3.48. The summed E-state index contributed by atoms with van der Waals surface area (Å²) in [4.78, 5) is 46.2.